The van der Waals surface area contributed by atoms with Gasteiger partial charge < -0.3 is 30.3 Å². The van der Waals surface area contributed by atoms with Crippen LogP contribution in [-0.4, -0.2) is 81.4 Å². The Morgan fingerprint density at radius 2 is 1.86 bits per heavy atom. The molecule has 13 nitrogen and oxygen atoms in total. The topological polar surface area (TPSA) is 157 Å². The minimum absolute atomic E-state index is 0.0995. The molecule has 0 spiro atoms. The Kier molecular flexibility index (Phi) is 8.02. The third-order valence-electron chi connectivity index (χ3n) is 7.88. The van der Waals surface area contributed by atoms with Gasteiger partial charge in [-0.25, -0.2) is 4.68 Å². The number of nitrogens with zero attached hydrogens (tertiary/aromatic N) is 4. The fourth-order valence-corrected chi connectivity index (χ4v) is 6.48. The second kappa shape index (κ2) is 12.0. The molecular formula is C29H33N7O6S. The van der Waals surface area contributed by atoms with Gasteiger partial charge in [0.15, 0.2) is 11.5 Å². The first-order valence-electron chi connectivity index (χ1n) is 14.3. The van der Waals surface area contributed by atoms with Gasteiger partial charge in [0, 0.05) is 24.8 Å². The van der Waals surface area contributed by atoms with Crippen molar-refractivity contribution in [2.45, 2.75) is 57.4 Å². The summed E-state index contributed by atoms with van der Waals surface area (Å²) in [6, 6.07) is 6.30. The van der Waals surface area contributed by atoms with E-state index in [0.29, 0.717) is 35.3 Å². The van der Waals surface area contributed by atoms with E-state index in [2.05, 4.69) is 26.3 Å². The summed E-state index contributed by atoms with van der Waals surface area (Å²) in [5, 5.41) is 18.8. The molecule has 1 saturated heterocycles. The van der Waals surface area contributed by atoms with E-state index in [0.717, 1.165) is 5.56 Å². The first-order valence-corrected chi connectivity index (χ1v) is 15.2. The second-order valence-electron chi connectivity index (χ2n) is 11.2. The molecule has 0 aliphatic carbocycles. The largest absolute Gasteiger partial charge is 0.485 e. The van der Waals surface area contributed by atoms with E-state index >= 15 is 0 Å². The minimum Gasteiger partial charge on any atom is -0.485 e. The number of carbonyl (C=O) groups is 4. The van der Waals surface area contributed by atoms with Gasteiger partial charge in [-0.3, -0.25) is 19.2 Å². The number of aromatic nitrogens is 3. The zero-order valence-corrected chi connectivity index (χ0v) is 24.6. The van der Waals surface area contributed by atoms with E-state index in [4.69, 9.17) is 9.47 Å². The summed E-state index contributed by atoms with van der Waals surface area (Å²) in [6.45, 7) is 4.65. The molecule has 4 bridgehead atoms. The molecule has 0 unspecified atom stereocenters. The summed E-state index contributed by atoms with van der Waals surface area (Å²) in [4.78, 5) is 56.5. The lowest BCUT2D eigenvalue weighted by Crippen LogP contribution is -2.58. The molecule has 14 heteroatoms. The Morgan fingerprint density at radius 3 is 2.65 bits per heavy atom. The lowest BCUT2D eigenvalue weighted by molar-refractivity contribution is -0.134. The van der Waals surface area contributed by atoms with Crippen molar-refractivity contribution in [3.05, 3.63) is 58.0 Å². The lowest BCUT2D eigenvalue weighted by Gasteiger charge is -2.29. The van der Waals surface area contributed by atoms with Gasteiger partial charge in [-0.2, -0.15) is 0 Å². The number of hydrogen-bond acceptors (Lipinski definition) is 9. The summed E-state index contributed by atoms with van der Waals surface area (Å²) < 4.78 is 13.0. The molecular weight excluding hydrogens is 574 g/mol. The van der Waals surface area contributed by atoms with Crippen LogP contribution in [0.5, 0.6) is 11.5 Å². The average molecular weight is 608 g/mol. The first-order chi connectivity index (χ1) is 20.8. The molecule has 4 amide bonds. The van der Waals surface area contributed by atoms with Crippen LogP contribution in [0.25, 0.3) is 0 Å². The number of fused-ring (bicyclic) bond motifs is 6. The Morgan fingerprint density at radius 1 is 1.07 bits per heavy atom. The quantitative estimate of drug-likeness (QED) is 0.398. The minimum atomic E-state index is -0.941. The molecule has 43 heavy (non-hydrogen) atoms. The van der Waals surface area contributed by atoms with E-state index in [1.807, 2.05) is 44.2 Å². The molecule has 1 fully saturated rings. The van der Waals surface area contributed by atoms with E-state index in [-0.39, 0.29) is 49.7 Å². The van der Waals surface area contributed by atoms with E-state index < -0.39 is 29.9 Å². The van der Waals surface area contributed by atoms with Crippen LogP contribution >= 0.6 is 11.3 Å². The summed E-state index contributed by atoms with van der Waals surface area (Å²) in [5.74, 6) is -1.09. The summed E-state index contributed by atoms with van der Waals surface area (Å²) >= 11 is 1.21. The lowest BCUT2D eigenvalue weighted by atomic mass is 10.00. The molecule has 5 heterocycles. The molecule has 4 atom stereocenters. The van der Waals surface area contributed by atoms with Crippen LogP contribution in [0.15, 0.2) is 41.9 Å². The standard InChI is InChI=1S/C29H33N7O6S/c1-16(2)23-28(39)31-20(10-17-6-4-3-5-7-17)26(37)30-12-18-13-36(34-33-18)19-11-21(27(38)32-23)35(14-19)29(40)25-24-22(15-43-25)41-8-9-42-24/h3-7,13,15-16,19-21,23H,8-12,14H2,1-2H3,(H,30,37)(H,31,39)(H,32,38)/t19-,20+,21-,23-/m0/s1. The van der Waals surface area contributed by atoms with E-state index in [1.54, 1.807) is 16.3 Å². The van der Waals surface area contributed by atoms with Crippen molar-refractivity contribution in [1.29, 1.82) is 0 Å². The zero-order chi connectivity index (χ0) is 30.1. The number of likely N-dealkylation sites (tertiary alicyclic amines) is 1. The van der Waals surface area contributed by atoms with Crippen LogP contribution < -0.4 is 25.4 Å². The van der Waals surface area contributed by atoms with Gasteiger partial charge in [-0.05, 0) is 11.5 Å². The van der Waals surface area contributed by atoms with Gasteiger partial charge in [-0.1, -0.05) is 49.4 Å². The number of hydrogen-bond donors (Lipinski definition) is 3. The highest BCUT2D eigenvalue weighted by Crippen LogP contribution is 2.41. The average Bonchev–Trinajstić information content (AvgIpc) is 3.76. The van der Waals surface area contributed by atoms with Crippen LogP contribution in [0, 0.1) is 5.92 Å². The fourth-order valence-electron chi connectivity index (χ4n) is 5.60. The van der Waals surface area contributed by atoms with Crippen molar-refractivity contribution in [1.82, 2.24) is 35.8 Å². The van der Waals surface area contributed by atoms with Gasteiger partial charge in [0.1, 0.15) is 41.9 Å². The summed E-state index contributed by atoms with van der Waals surface area (Å²) in [6.07, 6.45) is 2.23. The molecule has 3 N–H and O–H groups in total. The van der Waals surface area contributed by atoms with Gasteiger partial charge in [-0.15, -0.1) is 16.4 Å². The second-order valence-corrected chi connectivity index (χ2v) is 12.1. The number of nitrogens with one attached hydrogen (secondary N) is 3. The number of carbonyl (C=O) groups excluding carboxylic acids is 4. The fraction of sp³-hybridized carbons (Fsp3) is 0.448. The van der Waals surface area contributed by atoms with Crippen molar-refractivity contribution in [2.75, 3.05) is 19.8 Å². The number of ether oxygens (including phenoxy) is 2. The normalized spacial score (nSPS) is 24.1. The van der Waals surface area contributed by atoms with Crippen LogP contribution in [0.4, 0.5) is 0 Å². The Hall–Kier alpha value is -4.46. The number of benzene rings is 1. The van der Waals surface area contributed by atoms with E-state index in [9.17, 15) is 19.2 Å². The van der Waals surface area contributed by atoms with Gasteiger partial charge in [0.05, 0.1) is 18.8 Å². The van der Waals surface area contributed by atoms with Crippen LogP contribution in [0.2, 0.25) is 0 Å². The molecule has 2 aromatic heterocycles. The maximum absolute atomic E-state index is 13.9. The van der Waals surface area contributed by atoms with Crippen molar-refractivity contribution in [2.24, 2.45) is 5.92 Å². The Bertz CT molecular complexity index is 1520. The van der Waals surface area contributed by atoms with Crippen LogP contribution in [0.3, 0.4) is 0 Å². The van der Waals surface area contributed by atoms with Crippen molar-refractivity contribution < 1.29 is 28.7 Å². The number of amides is 4. The SMILES string of the molecule is CC(C)[C@@H]1NC(=O)[C@@H]2C[C@@H](CN2C(=O)c2scc3c2OCCO3)n2cc(nn2)CNC(=O)[C@@H](Cc2ccccc2)NC1=O. The maximum atomic E-state index is 13.9. The molecule has 0 saturated carbocycles. The van der Waals surface area contributed by atoms with Crippen LogP contribution in [0.1, 0.15) is 47.2 Å². The van der Waals surface area contributed by atoms with Crippen molar-refractivity contribution >= 4 is 35.0 Å². The monoisotopic (exact) mass is 607 g/mol. The van der Waals surface area contributed by atoms with Crippen molar-refractivity contribution in [3.8, 4) is 11.5 Å². The highest BCUT2D eigenvalue weighted by molar-refractivity contribution is 7.12. The molecule has 6 rings (SSSR count). The number of thiophene rings is 1. The number of rotatable bonds is 4. The van der Waals surface area contributed by atoms with E-state index in [1.165, 1.54) is 16.2 Å². The molecule has 3 aliphatic heterocycles. The molecule has 0 radical (unpaired) electrons. The first kappa shape index (κ1) is 28.6. The summed E-state index contributed by atoms with van der Waals surface area (Å²) in [7, 11) is 0. The molecule has 3 aliphatic rings. The third kappa shape index (κ3) is 5.91. The zero-order valence-electron chi connectivity index (χ0n) is 23.8. The van der Waals surface area contributed by atoms with Crippen LogP contribution in [-0.2, 0) is 27.3 Å². The Balaban J connectivity index is 1.32. The summed E-state index contributed by atoms with van der Waals surface area (Å²) in [5.41, 5.74) is 1.38. The predicted octanol–water partition coefficient (Wildman–Crippen LogP) is 1.06. The smallest absolute Gasteiger partial charge is 0.268 e. The third-order valence-corrected chi connectivity index (χ3v) is 8.80. The highest BCUT2D eigenvalue weighted by atomic mass is 32.1. The van der Waals surface area contributed by atoms with Gasteiger partial charge >= 0.3 is 0 Å². The highest BCUT2D eigenvalue weighted by Gasteiger charge is 2.44. The van der Waals surface area contributed by atoms with Crippen molar-refractivity contribution in [3.63, 3.8) is 0 Å². The molecule has 1 aromatic carbocycles. The maximum Gasteiger partial charge on any atom is 0.268 e. The Labute approximate surface area is 251 Å². The predicted molar refractivity (Wildman–Crippen MR) is 155 cm³/mol. The molecule has 3 aromatic rings. The van der Waals surface area contributed by atoms with Gasteiger partial charge in [0.2, 0.25) is 17.7 Å². The molecule has 226 valence electrons. The van der Waals surface area contributed by atoms with Gasteiger partial charge in [0.25, 0.3) is 5.91 Å².